The molecule has 68 heavy (non-hydrogen) atoms. The highest BCUT2D eigenvalue weighted by Crippen LogP contribution is 2.50. The van der Waals surface area contributed by atoms with Crippen LogP contribution < -0.4 is 21.6 Å². The average Bonchev–Trinajstić information content (AvgIpc) is 4.16. The van der Waals surface area contributed by atoms with Crippen LogP contribution in [0, 0.1) is 11.6 Å². The zero-order chi connectivity index (χ0) is 48.2. The number of anilines is 2. The van der Waals surface area contributed by atoms with Crippen molar-refractivity contribution < 1.29 is 42.8 Å². The second-order valence-corrected chi connectivity index (χ2v) is 21.6. The fourth-order valence-electron chi connectivity index (χ4n) is 8.90. The van der Waals surface area contributed by atoms with Gasteiger partial charge in [-0.15, -0.1) is 0 Å². The van der Waals surface area contributed by atoms with Crippen LogP contribution >= 0.6 is 17.1 Å². The van der Waals surface area contributed by atoms with E-state index in [1.54, 1.807) is 66.6 Å². The Morgan fingerprint density at radius 3 is 1.63 bits per heavy atom. The summed E-state index contributed by atoms with van der Waals surface area (Å²) in [4.78, 5) is 25.3. The number of fused-ring (bicyclic) bond motifs is 2. The molecule has 2 fully saturated rings. The fourth-order valence-corrected chi connectivity index (χ4v) is 12.5. The van der Waals surface area contributed by atoms with E-state index in [-0.39, 0.29) is 62.3 Å². The molecule has 0 bridgehead atoms. The first-order valence-electron chi connectivity index (χ1n) is 21.1. The Kier molecular flexibility index (Phi) is 14.6. The Balaban J connectivity index is 0.000000164. The molecular weight excluding hydrogens is 964 g/mol. The topological polar surface area (TPSA) is 212 Å². The van der Waals surface area contributed by atoms with Crippen LogP contribution in [0.1, 0.15) is 73.6 Å². The van der Waals surface area contributed by atoms with Crippen molar-refractivity contribution in [3.05, 3.63) is 177 Å². The maximum atomic E-state index is 13.6. The van der Waals surface area contributed by atoms with Crippen molar-refractivity contribution in [3.8, 4) is 0 Å². The summed E-state index contributed by atoms with van der Waals surface area (Å²) >= 11 is 0. The maximum absolute atomic E-state index is 13.6. The zero-order valence-electron chi connectivity index (χ0n) is 35.8. The molecular formula is C46H43F3N6O9P2S2. The van der Waals surface area contributed by atoms with Crippen LogP contribution in [-0.4, -0.2) is 36.3 Å². The summed E-state index contributed by atoms with van der Waals surface area (Å²) < 4.78 is 109. The molecule has 2 aliphatic carbocycles. The molecule has 0 amide bonds. The Morgan fingerprint density at radius 2 is 1.18 bits per heavy atom. The summed E-state index contributed by atoms with van der Waals surface area (Å²) in [6.07, 6.45) is 7.32. The van der Waals surface area contributed by atoms with Gasteiger partial charge in [0.15, 0.2) is 11.6 Å². The highest BCUT2D eigenvalue weighted by molar-refractivity contribution is 8.12. The molecule has 0 saturated heterocycles. The van der Waals surface area contributed by atoms with Crippen molar-refractivity contribution in [1.82, 2.24) is 19.4 Å². The predicted octanol–water partition coefficient (Wildman–Crippen LogP) is 10.1. The number of hydrogen-bond acceptors (Lipinski definition) is 12. The molecule has 15 nitrogen and oxygen atoms in total. The average molecular weight is 1010 g/mol. The molecule has 4 aromatic heterocycles. The van der Waals surface area contributed by atoms with Crippen molar-refractivity contribution in [2.75, 3.05) is 10.5 Å². The minimum atomic E-state index is -4.23. The van der Waals surface area contributed by atoms with Crippen LogP contribution in [-0.2, 0) is 24.1 Å². The number of aromatic nitrogens is 4. The van der Waals surface area contributed by atoms with Crippen molar-refractivity contribution in [2.45, 2.75) is 72.2 Å². The van der Waals surface area contributed by atoms with Crippen molar-refractivity contribution in [1.29, 1.82) is 0 Å². The van der Waals surface area contributed by atoms with Crippen molar-refractivity contribution >= 4 is 70.7 Å². The number of nitrogens with zero attached hydrogens (tertiary/aromatic N) is 4. The van der Waals surface area contributed by atoms with Crippen LogP contribution in [0.4, 0.5) is 24.6 Å². The third kappa shape index (κ3) is 11.2. The lowest BCUT2D eigenvalue weighted by Crippen LogP contribution is -2.23. The lowest BCUT2D eigenvalue weighted by molar-refractivity contribution is 0.423. The van der Waals surface area contributed by atoms with E-state index in [0.29, 0.717) is 34.0 Å². The molecule has 6 atom stereocenters. The van der Waals surface area contributed by atoms with Gasteiger partial charge in [0.25, 0.3) is 29.3 Å². The molecule has 6 unspecified atom stereocenters. The van der Waals surface area contributed by atoms with E-state index in [4.69, 9.17) is 5.73 Å². The number of halogens is 3. The van der Waals surface area contributed by atoms with Gasteiger partial charge < -0.3 is 23.9 Å². The van der Waals surface area contributed by atoms with E-state index in [9.17, 15) is 39.4 Å². The summed E-state index contributed by atoms with van der Waals surface area (Å²) in [5.41, 5.74) is 7.87. The highest BCUT2D eigenvalue weighted by Gasteiger charge is 2.31. The molecule has 0 radical (unpaired) electrons. The van der Waals surface area contributed by atoms with Crippen molar-refractivity contribution in [3.63, 3.8) is 0 Å². The predicted molar refractivity (Wildman–Crippen MR) is 255 cm³/mol. The first-order chi connectivity index (χ1) is 32.5. The van der Waals surface area contributed by atoms with Crippen LogP contribution in [0.2, 0.25) is 0 Å². The third-order valence-corrected chi connectivity index (χ3v) is 16.2. The summed E-state index contributed by atoms with van der Waals surface area (Å²) in [5, 5.41) is 8.07. The minimum absolute atomic E-state index is 0.0461. The van der Waals surface area contributed by atoms with Gasteiger partial charge in [0.1, 0.15) is 24.2 Å². The van der Waals surface area contributed by atoms with Gasteiger partial charge in [-0.3, -0.25) is 14.3 Å². The SMILES string of the molecule is Nc1ccon1.O=c1ccc2cc(S(=O)(=O)Nc3ccon3)ccc2n1C1CCC(c2cccc(F)c2)C1.O=c1ccc2cc(S(=O)(=O)OP(F)P)ccc2n1C1CCC(c2cccc(F)c2)C1. The highest BCUT2D eigenvalue weighted by atomic mass is 32.3. The zero-order valence-corrected chi connectivity index (χ0v) is 39.5. The Labute approximate surface area is 391 Å². The van der Waals surface area contributed by atoms with Crippen LogP contribution in [0.15, 0.2) is 162 Å². The monoisotopic (exact) mass is 1010 g/mol. The normalized spacial score (nSPS) is 18.6. The molecule has 354 valence electrons. The number of sulfonamides is 1. The summed E-state index contributed by atoms with van der Waals surface area (Å²) in [6, 6.07) is 30.9. The lowest BCUT2D eigenvalue weighted by atomic mass is 9.97. The van der Waals surface area contributed by atoms with Gasteiger partial charge in [-0.25, -0.2) is 21.2 Å². The van der Waals surface area contributed by atoms with Gasteiger partial charge >= 0.3 is 10.1 Å². The van der Waals surface area contributed by atoms with E-state index >= 15 is 0 Å². The van der Waals surface area contributed by atoms with E-state index in [1.165, 1.54) is 73.2 Å². The van der Waals surface area contributed by atoms with Crippen LogP contribution in [0.3, 0.4) is 0 Å². The van der Waals surface area contributed by atoms with Gasteiger partial charge in [-0.1, -0.05) is 34.6 Å². The Morgan fingerprint density at radius 1 is 0.662 bits per heavy atom. The molecule has 8 aromatic rings. The number of nitrogens with two attached hydrogens (primary N) is 1. The Bertz CT molecular complexity index is 3420. The molecule has 4 heterocycles. The molecule has 22 heteroatoms. The van der Waals surface area contributed by atoms with E-state index in [2.05, 4.69) is 28.1 Å². The molecule has 0 aliphatic heterocycles. The molecule has 2 aliphatic rings. The van der Waals surface area contributed by atoms with E-state index < -0.39 is 28.3 Å². The largest absolute Gasteiger partial charge is 0.381 e. The van der Waals surface area contributed by atoms with Gasteiger partial charge in [0.05, 0.1) is 20.8 Å². The molecule has 10 rings (SSSR count). The van der Waals surface area contributed by atoms with Gasteiger partial charge in [0.2, 0.25) is 0 Å². The van der Waals surface area contributed by atoms with Crippen LogP contribution in [0.25, 0.3) is 21.8 Å². The standard InChI is InChI=1S/C23H20FN3O4S.C20H19F2NO4P2S.C3H4N2O/c24-18-3-1-2-15(12-18)16-4-6-19(13-16)27-21-8-7-20(14-17(21)5-9-23(27)28)32(29,30)26-22-10-11-31-25-22;21-16-3-1-2-13(10-16)14-4-6-17(11-14)23-19-8-7-18(30(25,26)27-29(22)28)12-15(19)5-9-20(23)24;4-3-1-2-6-5-3/h1-3,5,7-12,14,16,19H,4,6,13H2,(H,25,26);1-3,5,7-10,12,14,17H,4,6,11,28H2;1-2H,(H2,4,5). The smallest absolute Gasteiger partial charge is 0.302 e. The summed E-state index contributed by atoms with van der Waals surface area (Å²) in [6.45, 7) is 0. The van der Waals surface area contributed by atoms with Crippen molar-refractivity contribution in [2.24, 2.45) is 0 Å². The van der Waals surface area contributed by atoms with Crippen LogP contribution in [0.5, 0.6) is 0 Å². The van der Waals surface area contributed by atoms with E-state index in [0.717, 1.165) is 43.2 Å². The number of benzene rings is 4. The second-order valence-electron chi connectivity index (χ2n) is 16.2. The first kappa shape index (κ1) is 48.3. The molecule has 0 spiro atoms. The summed E-state index contributed by atoms with van der Waals surface area (Å²) in [5.74, 6) is 0.285. The minimum Gasteiger partial charge on any atom is -0.381 e. The van der Waals surface area contributed by atoms with Gasteiger partial charge in [0, 0.05) is 36.3 Å². The number of pyridine rings is 2. The molecule has 3 N–H and O–H groups in total. The molecule has 2 saturated carbocycles. The number of nitrogens with one attached hydrogen (secondary N) is 1. The first-order valence-corrected chi connectivity index (χ1v) is 26.8. The van der Waals surface area contributed by atoms with Gasteiger partial charge in [-0.2, -0.15) is 12.6 Å². The lowest BCUT2D eigenvalue weighted by Gasteiger charge is -2.18. The molecule has 4 aromatic carbocycles. The number of hydrogen-bond donors (Lipinski definition) is 2. The number of nitrogen functional groups attached to an aromatic ring is 1. The third-order valence-electron chi connectivity index (χ3n) is 11.9. The quantitative estimate of drug-likeness (QED) is 0.123. The number of rotatable bonds is 10. The summed E-state index contributed by atoms with van der Waals surface area (Å²) in [7, 11) is -9.06. The fraction of sp³-hybridized carbons (Fsp3) is 0.217. The maximum Gasteiger partial charge on any atom is 0.302 e. The van der Waals surface area contributed by atoms with Gasteiger partial charge in [-0.05, 0) is 154 Å². The Hall–Kier alpha value is -6.17. The van der Waals surface area contributed by atoms with E-state index in [1.807, 2.05) is 12.1 Å². The second kappa shape index (κ2) is 20.6.